The highest BCUT2D eigenvalue weighted by Crippen LogP contribution is 2.28. The number of non-ortho nitro benzene ring substituents is 1. The Morgan fingerprint density at radius 3 is 2.54 bits per heavy atom. The molecule has 2 aromatic carbocycles. The first-order chi connectivity index (χ1) is 12.1. The molecule has 0 aliphatic rings. The van der Waals surface area contributed by atoms with E-state index in [0.29, 0.717) is 0 Å². The van der Waals surface area contributed by atoms with Gasteiger partial charge in [0.25, 0.3) is 5.69 Å². The Morgan fingerprint density at radius 2 is 1.92 bits per heavy atom. The van der Waals surface area contributed by atoms with Gasteiger partial charge in [0.05, 0.1) is 22.4 Å². The van der Waals surface area contributed by atoms with Crippen molar-refractivity contribution in [2.24, 2.45) is 0 Å². The van der Waals surface area contributed by atoms with E-state index < -0.39 is 33.4 Å². The summed E-state index contributed by atoms with van der Waals surface area (Å²) in [5.74, 6) is -1.29. The van der Waals surface area contributed by atoms with Gasteiger partial charge in [0.15, 0.2) is 0 Å². The average Bonchev–Trinajstić information content (AvgIpc) is 2.56. The molecule has 26 heavy (non-hydrogen) atoms. The van der Waals surface area contributed by atoms with Gasteiger partial charge in [-0.3, -0.25) is 14.9 Å². The Balaban J connectivity index is 2.45. The van der Waals surface area contributed by atoms with Crippen molar-refractivity contribution in [2.45, 2.75) is 17.4 Å². The van der Waals surface area contributed by atoms with Crippen molar-refractivity contribution in [3.8, 4) is 0 Å². The topological polar surface area (TPSA) is 127 Å². The minimum Gasteiger partial charge on any atom is -0.481 e. The van der Waals surface area contributed by atoms with Crippen LogP contribution in [0.3, 0.4) is 0 Å². The lowest BCUT2D eigenvalue weighted by Crippen LogP contribution is -2.30. The molecular weight excluding hydrogens is 407 g/mol. The molecule has 11 heteroatoms. The maximum absolute atomic E-state index is 12.6. The van der Waals surface area contributed by atoms with E-state index in [9.17, 15) is 23.3 Å². The number of carbonyl (C=O) groups is 1. The van der Waals surface area contributed by atoms with Crippen molar-refractivity contribution in [3.05, 3.63) is 68.2 Å². The van der Waals surface area contributed by atoms with Gasteiger partial charge in [0.2, 0.25) is 10.0 Å². The Hall–Kier alpha value is -2.20. The molecular formula is C15H12Cl2N2O6S. The molecule has 0 saturated heterocycles. The molecule has 1 unspecified atom stereocenters. The molecule has 0 amide bonds. The summed E-state index contributed by atoms with van der Waals surface area (Å²) < 4.78 is 27.4. The normalized spacial score (nSPS) is 12.5. The fourth-order valence-electron chi connectivity index (χ4n) is 2.19. The molecule has 2 aromatic rings. The molecule has 2 rings (SSSR count). The molecule has 0 aliphatic heterocycles. The standard InChI is InChI=1S/C15H12Cl2N2O6S/c16-10-4-5-12(17)14(7-10)26(24,25)18-13(8-15(20)21)9-2-1-3-11(6-9)19(22)23/h1-7,13,18H,8H2,(H,20,21). The minimum atomic E-state index is -4.24. The molecule has 0 fully saturated rings. The molecule has 0 bridgehead atoms. The Bertz CT molecular complexity index is 964. The van der Waals surface area contributed by atoms with Crippen molar-refractivity contribution >= 4 is 44.9 Å². The van der Waals surface area contributed by atoms with E-state index >= 15 is 0 Å². The van der Waals surface area contributed by atoms with Gasteiger partial charge in [-0.15, -0.1) is 0 Å². The summed E-state index contributed by atoms with van der Waals surface area (Å²) in [6.45, 7) is 0. The van der Waals surface area contributed by atoms with Crippen molar-refractivity contribution in [3.63, 3.8) is 0 Å². The monoisotopic (exact) mass is 418 g/mol. The van der Waals surface area contributed by atoms with Crippen LogP contribution in [-0.4, -0.2) is 24.4 Å². The number of sulfonamides is 1. The zero-order valence-electron chi connectivity index (χ0n) is 12.9. The predicted octanol–water partition coefficient (Wildman–Crippen LogP) is 3.40. The van der Waals surface area contributed by atoms with Crippen molar-refractivity contribution in [1.29, 1.82) is 0 Å². The van der Waals surface area contributed by atoms with Crippen LogP contribution in [0.25, 0.3) is 0 Å². The van der Waals surface area contributed by atoms with E-state index in [1.54, 1.807) is 0 Å². The zero-order chi connectivity index (χ0) is 19.5. The maximum atomic E-state index is 12.6. The van der Waals surface area contributed by atoms with Gasteiger partial charge >= 0.3 is 5.97 Å². The lowest BCUT2D eigenvalue weighted by molar-refractivity contribution is -0.384. The number of benzene rings is 2. The van der Waals surface area contributed by atoms with Crippen LogP contribution >= 0.6 is 23.2 Å². The minimum absolute atomic E-state index is 0.102. The van der Waals surface area contributed by atoms with Gasteiger partial charge < -0.3 is 5.11 Å². The average molecular weight is 419 g/mol. The smallest absolute Gasteiger partial charge is 0.305 e. The Labute approximate surface area is 158 Å². The number of hydrogen-bond donors (Lipinski definition) is 2. The second-order valence-corrected chi connectivity index (χ2v) is 7.72. The second-order valence-electron chi connectivity index (χ2n) is 5.20. The molecule has 0 aromatic heterocycles. The van der Waals surface area contributed by atoms with Gasteiger partial charge in [-0.25, -0.2) is 13.1 Å². The number of nitro groups is 1. The van der Waals surface area contributed by atoms with Crippen molar-refractivity contribution in [2.75, 3.05) is 0 Å². The van der Waals surface area contributed by atoms with Crippen LogP contribution in [0.2, 0.25) is 10.0 Å². The fraction of sp³-hybridized carbons (Fsp3) is 0.133. The second kappa shape index (κ2) is 8.00. The largest absolute Gasteiger partial charge is 0.481 e. The quantitative estimate of drug-likeness (QED) is 0.523. The summed E-state index contributed by atoms with van der Waals surface area (Å²) in [5.41, 5.74) is -0.166. The number of nitrogens with one attached hydrogen (secondary N) is 1. The summed E-state index contributed by atoms with van der Waals surface area (Å²) in [4.78, 5) is 21.0. The summed E-state index contributed by atoms with van der Waals surface area (Å²) in [6, 6.07) is 7.62. The SMILES string of the molecule is O=C(O)CC(NS(=O)(=O)c1cc(Cl)ccc1Cl)c1cccc([N+](=O)[O-])c1. The molecule has 0 heterocycles. The fourth-order valence-corrected chi connectivity index (χ4v) is 4.18. The third-order valence-corrected chi connectivity index (χ3v) is 5.53. The first-order valence-electron chi connectivity index (χ1n) is 7.03. The van der Waals surface area contributed by atoms with E-state index in [4.69, 9.17) is 28.3 Å². The third kappa shape index (κ3) is 4.92. The molecule has 0 spiro atoms. The highest BCUT2D eigenvalue weighted by atomic mass is 35.5. The van der Waals surface area contributed by atoms with E-state index in [0.717, 1.165) is 12.1 Å². The van der Waals surface area contributed by atoms with Crippen LogP contribution < -0.4 is 4.72 Å². The third-order valence-electron chi connectivity index (χ3n) is 3.34. The van der Waals surface area contributed by atoms with E-state index in [-0.39, 0.29) is 26.2 Å². The number of rotatable bonds is 7. The van der Waals surface area contributed by atoms with Gasteiger partial charge in [-0.1, -0.05) is 35.3 Å². The maximum Gasteiger partial charge on any atom is 0.305 e. The zero-order valence-corrected chi connectivity index (χ0v) is 15.3. The molecule has 138 valence electrons. The van der Waals surface area contributed by atoms with Crippen LogP contribution in [0.1, 0.15) is 18.0 Å². The Kier molecular flexibility index (Phi) is 6.19. The number of carboxylic acids is 1. The lowest BCUT2D eigenvalue weighted by Gasteiger charge is -2.18. The van der Waals surface area contributed by atoms with Crippen LogP contribution in [0.15, 0.2) is 47.4 Å². The van der Waals surface area contributed by atoms with Crippen LogP contribution in [-0.2, 0) is 14.8 Å². The lowest BCUT2D eigenvalue weighted by atomic mass is 10.0. The summed E-state index contributed by atoms with van der Waals surface area (Å²) >= 11 is 11.7. The van der Waals surface area contributed by atoms with Crippen molar-refractivity contribution < 1.29 is 23.2 Å². The van der Waals surface area contributed by atoms with Gasteiger partial charge in [0, 0.05) is 17.2 Å². The predicted molar refractivity (Wildman–Crippen MR) is 94.9 cm³/mol. The molecule has 0 radical (unpaired) electrons. The van der Waals surface area contributed by atoms with Gasteiger partial charge in [-0.05, 0) is 23.8 Å². The van der Waals surface area contributed by atoms with Crippen LogP contribution in [0.4, 0.5) is 5.69 Å². The number of nitrogens with zero attached hydrogens (tertiary/aromatic N) is 1. The van der Waals surface area contributed by atoms with Gasteiger partial charge in [0.1, 0.15) is 4.90 Å². The Morgan fingerprint density at radius 1 is 1.23 bits per heavy atom. The first kappa shape index (κ1) is 20.1. The van der Waals surface area contributed by atoms with E-state index in [1.165, 1.54) is 30.3 Å². The van der Waals surface area contributed by atoms with Gasteiger partial charge in [-0.2, -0.15) is 0 Å². The van der Waals surface area contributed by atoms with Crippen LogP contribution in [0, 0.1) is 10.1 Å². The number of halogens is 2. The molecule has 0 saturated carbocycles. The number of nitro benzene ring substituents is 1. The molecule has 8 nitrogen and oxygen atoms in total. The molecule has 1 atom stereocenters. The molecule has 2 N–H and O–H groups in total. The highest BCUT2D eigenvalue weighted by molar-refractivity contribution is 7.89. The van der Waals surface area contributed by atoms with Crippen LogP contribution in [0.5, 0.6) is 0 Å². The van der Waals surface area contributed by atoms with Crippen molar-refractivity contribution in [1.82, 2.24) is 4.72 Å². The summed E-state index contributed by atoms with van der Waals surface area (Å²) in [7, 11) is -4.24. The highest BCUT2D eigenvalue weighted by Gasteiger charge is 2.26. The number of hydrogen-bond acceptors (Lipinski definition) is 5. The first-order valence-corrected chi connectivity index (χ1v) is 9.27. The van der Waals surface area contributed by atoms with E-state index in [2.05, 4.69) is 4.72 Å². The summed E-state index contributed by atoms with van der Waals surface area (Å²) in [6.07, 6.45) is -0.626. The number of carboxylic acid groups (broad SMARTS) is 1. The van der Waals surface area contributed by atoms with E-state index in [1.807, 2.05) is 0 Å². The molecule has 0 aliphatic carbocycles. The number of aliphatic carboxylic acids is 1. The summed E-state index contributed by atoms with van der Waals surface area (Å²) in [5, 5.41) is 20.0.